The van der Waals surface area contributed by atoms with E-state index < -0.39 is 63.8 Å². The van der Waals surface area contributed by atoms with Gasteiger partial charge < -0.3 is 30.3 Å². The number of nitrogens with two attached hydrogens (primary N) is 1. The van der Waals surface area contributed by atoms with Crippen LogP contribution in [0, 0.1) is 0 Å². The molecule has 0 amide bonds. The molecule has 0 saturated heterocycles. The zero-order valence-electron chi connectivity index (χ0n) is 35.7. The van der Waals surface area contributed by atoms with Gasteiger partial charge in [-0.1, -0.05) is 137 Å². The molecule has 0 radical (unpaired) electrons. The molecule has 4 atom stereocenters. The topological polar surface area (TPSA) is 192 Å². The molecular formula is C46H74NO11P. The minimum absolute atomic E-state index is 0.0845. The van der Waals surface area contributed by atoms with Crippen LogP contribution in [0.15, 0.2) is 97.2 Å². The van der Waals surface area contributed by atoms with Crippen LogP contribution in [0.3, 0.4) is 0 Å². The second-order valence-corrected chi connectivity index (χ2v) is 15.4. The standard InChI is InChI=1S/C46H74NO11P/c1-3-5-7-9-11-13-15-17-18-19-20-22-24-26-28-30-32-36-44(49)55-38-42(39-56-59(53,54)57-40-43(47)46(51)52)58-45(50)37-33-35-41(48)34-31-29-27-25-23-21-16-14-12-10-8-6-4-2/h11-14,17-18,20-23,26-29,31,34,41-43,48H,3-10,15-16,19,24-25,30,32-33,35-40,47H2,1-2H3,(H,51,52)(H,53,54)/b13-11-,14-12-,18-17-,22-20-,23-21-,28-26-,29-27-,34-31+/t41-,42+,43-/m0/s1. The smallest absolute Gasteiger partial charge is 0.472 e. The Morgan fingerprint density at radius 2 is 1.08 bits per heavy atom. The number of phosphoric ester groups is 1. The molecule has 0 aliphatic carbocycles. The summed E-state index contributed by atoms with van der Waals surface area (Å²) in [6.45, 7) is 2.47. The minimum Gasteiger partial charge on any atom is -0.480 e. The average molecular weight is 848 g/mol. The first-order valence-electron chi connectivity index (χ1n) is 21.4. The van der Waals surface area contributed by atoms with Crippen molar-refractivity contribution in [2.24, 2.45) is 5.73 Å². The summed E-state index contributed by atoms with van der Waals surface area (Å²) in [5.41, 5.74) is 5.31. The molecule has 0 rings (SSSR count). The highest BCUT2D eigenvalue weighted by atomic mass is 31.2. The number of aliphatic hydroxyl groups is 1. The van der Waals surface area contributed by atoms with E-state index in [1.54, 1.807) is 12.2 Å². The van der Waals surface area contributed by atoms with Gasteiger partial charge in [-0.3, -0.25) is 23.4 Å². The molecule has 0 bridgehead atoms. The third kappa shape index (κ3) is 39.6. The van der Waals surface area contributed by atoms with Crippen LogP contribution in [0.2, 0.25) is 0 Å². The summed E-state index contributed by atoms with van der Waals surface area (Å²) < 4.78 is 32.5. The molecule has 5 N–H and O–H groups in total. The van der Waals surface area contributed by atoms with Crippen LogP contribution in [0.4, 0.5) is 0 Å². The number of esters is 2. The van der Waals surface area contributed by atoms with Crippen LogP contribution < -0.4 is 5.73 Å². The van der Waals surface area contributed by atoms with Crippen molar-refractivity contribution in [3.05, 3.63) is 97.2 Å². The predicted molar refractivity (Wildman–Crippen MR) is 236 cm³/mol. The second kappa shape index (κ2) is 39.8. The number of hydrogen-bond acceptors (Lipinski definition) is 10. The summed E-state index contributed by atoms with van der Waals surface area (Å²) in [6.07, 6.45) is 46.5. The van der Waals surface area contributed by atoms with Crippen LogP contribution in [0.25, 0.3) is 0 Å². The molecule has 12 nitrogen and oxygen atoms in total. The summed E-state index contributed by atoms with van der Waals surface area (Å²) in [7, 11) is -4.79. The number of carboxylic acids is 1. The third-order valence-electron chi connectivity index (χ3n) is 8.41. The maximum Gasteiger partial charge on any atom is 0.472 e. The summed E-state index contributed by atoms with van der Waals surface area (Å²) in [6, 6.07) is -1.56. The van der Waals surface area contributed by atoms with E-state index in [-0.39, 0.29) is 25.7 Å². The van der Waals surface area contributed by atoms with E-state index in [1.165, 1.54) is 38.5 Å². The van der Waals surface area contributed by atoms with E-state index in [0.29, 0.717) is 12.8 Å². The van der Waals surface area contributed by atoms with Gasteiger partial charge in [-0.2, -0.15) is 0 Å². The lowest BCUT2D eigenvalue weighted by Gasteiger charge is -2.20. The van der Waals surface area contributed by atoms with Crippen LogP contribution in [0.1, 0.15) is 136 Å². The van der Waals surface area contributed by atoms with E-state index >= 15 is 0 Å². The first-order chi connectivity index (χ1) is 28.5. The van der Waals surface area contributed by atoms with Gasteiger partial charge in [0.2, 0.25) is 0 Å². The molecule has 59 heavy (non-hydrogen) atoms. The van der Waals surface area contributed by atoms with E-state index in [1.807, 2.05) is 24.3 Å². The summed E-state index contributed by atoms with van der Waals surface area (Å²) in [5, 5.41) is 19.2. The van der Waals surface area contributed by atoms with Crippen molar-refractivity contribution >= 4 is 25.7 Å². The summed E-state index contributed by atoms with van der Waals surface area (Å²) in [5.74, 6) is -2.69. The van der Waals surface area contributed by atoms with Crippen molar-refractivity contribution in [3.8, 4) is 0 Å². The van der Waals surface area contributed by atoms with E-state index in [9.17, 15) is 28.9 Å². The Bertz CT molecular complexity index is 1380. The Balaban J connectivity index is 4.69. The number of carboxylic acid groups (broad SMARTS) is 1. The largest absolute Gasteiger partial charge is 0.480 e. The Labute approximate surface area is 354 Å². The molecule has 0 aliphatic heterocycles. The molecule has 1 unspecified atom stereocenters. The van der Waals surface area contributed by atoms with Crippen LogP contribution in [-0.4, -0.2) is 71.1 Å². The maximum atomic E-state index is 12.6. The number of hydrogen-bond donors (Lipinski definition) is 4. The van der Waals surface area contributed by atoms with Crippen LogP contribution >= 0.6 is 7.82 Å². The van der Waals surface area contributed by atoms with E-state index in [0.717, 1.165) is 44.9 Å². The Morgan fingerprint density at radius 3 is 1.61 bits per heavy atom. The first kappa shape index (κ1) is 55.4. The molecular weight excluding hydrogens is 773 g/mol. The Hall–Kier alpha value is -3.64. The van der Waals surface area contributed by atoms with Crippen molar-refractivity contribution in [1.82, 2.24) is 0 Å². The number of ether oxygens (including phenoxy) is 2. The molecule has 0 aromatic carbocycles. The van der Waals surface area contributed by atoms with Gasteiger partial charge >= 0.3 is 25.7 Å². The molecule has 0 fully saturated rings. The van der Waals surface area contributed by atoms with Crippen molar-refractivity contribution in [2.45, 2.75) is 154 Å². The molecule has 0 heterocycles. The monoisotopic (exact) mass is 847 g/mol. The Kier molecular flexibility index (Phi) is 37.3. The number of allylic oxidation sites excluding steroid dienone is 15. The van der Waals surface area contributed by atoms with Crippen molar-refractivity contribution < 1.29 is 52.6 Å². The fourth-order valence-electron chi connectivity index (χ4n) is 4.98. The SMILES string of the molecule is CCCCC/C=C\C/C=C\C/C=C\C=C\[C@H](O)CCCC(=O)O[C@H](COC(=O)CCC/C=C\C/C=C\C/C=C\C/C=C\CCCCC)COP(=O)(O)OC[C@H](N)C(=O)O. The number of rotatable bonds is 38. The number of carbonyl (C=O) groups excluding carboxylic acids is 2. The van der Waals surface area contributed by atoms with Gasteiger partial charge in [-0.15, -0.1) is 0 Å². The maximum absolute atomic E-state index is 12.6. The first-order valence-corrected chi connectivity index (χ1v) is 22.9. The average Bonchev–Trinajstić information content (AvgIpc) is 3.20. The molecule has 0 spiro atoms. The number of unbranched alkanes of at least 4 members (excludes halogenated alkanes) is 7. The molecule has 0 aliphatic rings. The minimum atomic E-state index is -4.79. The fourth-order valence-corrected chi connectivity index (χ4v) is 5.76. The van der Waals surface area contributed by atoms with Gasteiger partial charge in [0, 0.05) is 12.8 Å². The fraction of sp³-hybridized carbons (Fsp3) is 0.587. The molecule has 13 heteroatoms. The normalized spacial score (nSPS) is 15.2. The quantitative estimate of drug-likeness (QED) is 0.0151. The van der Waals surface area contributed by atoms with Gasteiger partial charge in [0.05, 0.1) is 19.3 Å². The lowest BCUT2D eigenvalue weighted by atomic mass is 10.1. The van der Waals surface area contributed by atoms with Gasteiger partial charge in [-0.05, 0) is 83.5 Å². The van der Waals surface area contributed by atoms with Crippen LogP contribution in [0.5, 0.6) is 0 Å². The van der Waals surface area contributed by atoms with Crippen molar-refractivity contribution in [3.63, 3.8) is 0 Å². The van der Waals surface area contributed by atoms with E-state index in [4.69, 9.17) is 24.8 Å². The lowest BCUT2D eigenvalue weighted by molar-refractivity contribution is -0.161. The molecule has 0 aromatic heterocycles. The Morgan fingerprint density at radius 1 is 0.610 bits per heavy atom. The van der Waals surface area contributed by atoms with Crippen molar-refractivity contribution in [2.75, 3.05) is 19.8 Å². The summed E-state index contributed by atoms with van der Waals surface area (Å²) >= 11 is 0. The summed E-state index contributed by atoms with van der Waals surface area (Å²) in [4.78, 5) is 45.9. The molecule has 334 valence electrons. The van der Waals surface area contributed by atoms with E-state index in [2.05, 4.69) is 79.1 Å². The second-order valence-electron chi connectivity index (χ2n) is 14.0. The highest BCUT2D eigenvalue weighted by Crippen LogP contribution is 2.43. The van der Waals surface area contributed by atoms with Crippen LogP contribution in [-0.2, 0) is 37.5 Å². The zero-order valence-corrected chi connectivity index (χ0v) is 36.6. The zero-order chi connectivity index (χ0) is 43.7. The number of phosphoric acid groups is 1. The van der Waals surface area contributed by atoms with Gasteiger partial charge in [0.15, 0.2) is 6.10 Å². The predicted octanol–water partition coefficient (Wildman–Crippen LogP) is 10.2. The number of aliphatic carboxylic acids is 1. The molecule has 0 saturated carbocycles. The van der Waals surface area contributed by atoms with Gasteiger partial charge in [-0.25, -0.2) is 4.57 Å². The third-order valence-corrected chi connectivity index (χ3v) is 9.36. The number of aliphatic hydroxyl groups excluding tert-OH is 1. The van der Waals surface area contributed by atoms with Crippen molar-refractivity contribution in [1.29, 1.82) is 0 Å². The molecule has 0 aromatic rings. The number of carbonyl (C=O) groups is 3. The van der Waals surface area contributed by atoms with Gasteiger partial charge in [0.25, 0.3) is 0 Å². The van der Waals surface area contributed by atoms with Gasteiger partial charge in [0.1, 0.15) is 12.6 Å². The lowest BCUT2D eigenvalue weighted by Crippen LogP contribution is -2.34. The highest BCUT2D eigenvalue weighted by Gasteiger charge is 2.28. The highest BCUT2D eigenvalue weighted by molar-refractivity contribution is 7.47.